The Bertz CT molecular complexity index is 364. The molecule has 1 aromatic rings. The Morgan fingerprint density at radius 3 is 2.60 bits per heavy atom. The first-order valence-electron chi connectivity index (χ1n) is 5.02. The molecule has 0 N–H and O–H groups in total. The number of hydrogen-bond acceptors (Lipinski definition) is 2. The van der Waals surface area contributed by atoms with Crippen molar-refractivity contribution >= 4 is 21.6 Å². The average molecular weight is 269 g/mol. The molecule has 0 unspecified atom stereocenters. The summed E-state index contributed by atoms with van der Waals surface area (Å²) in [5.41, 5.74) is 2.16. The molecule has 0 fully saturated rings. The Morgan fingerprint density at radius 2 is 2.07 bits per heavy atom. The lowest BCUT2D eigenvalue weighted by atomic mass is 9.97. The van der Waals surface area contributed by atoms with Crippen LogP contribution in [-0.4, -0.2) is 17.2 Å². The van der Waals surface area contributed by atoms with Gasteiger partial charge in [0, 0.05) is 6.54 Å². The maximum atomic E-state index is 4.54. The highest BCUT2D eigenvalue weighted by molar-refractivity contribution is 9.10. The summed E-state index contributed by atoms with van der Waals surface area (Å²) >= 11 is 3.35. The minimum atomic E-state index is 0.229. The van der Waals surface area contributed by atoms with Crippen molar-refractivity contribution in [2.75, 3.05) is 6.54 Å². The van der Waals surface area contributed by atoms with Gasteiger partial charge in [0.15, 0.2) is 0 Å². The Kier molecular flexibility index (Phi) is 4.03. The van der Waals surface area contributed by atoms with E-state index in [1.54, 1.807) is 0 Å². The van der Waals surface area contributed by atoms with Crippen molar-refractivity contribution in [2.24, 2.45) is 10.4 Å². The fourth-order valence-corrected chi connectivity index (χ4v) is 1.39. The van der Waals surface area contributed by atoms with E-state index in [0.29, 0.717) is 0 Å². The van der Waals surface area contributed by atoms with E-state index in [1.165, 1.54) is 0 Å². The number of hydrogen-bond donors (Lipinski definition) is 0. The van der Waals surface area contributed by atoms with Crippen molar-refractivity contribution in [1.29, 1.82) is 0 Å². The summed E-state index contributed by atoms with van der Waals surface area (Å²) in [6, 6.07) is 5.87. The van der Waals surface area contributed by atoms with Gasteiger partial charge < -0.3 is 0 Å². The van der Waals surface area contributed by atoms with Gasteiger partial charge in [-0.25, -0.2) is 4.98 Å². The third-order valence-electron chi connectivity index (χ3n) is 1.88. The second kappa shape index (κ2) is 4.88. The van der Waals surface area contributed by atoms with E-state index in [0.717, 1.165) is 22.6 Å². The molecule has 1 rings (SSSR count). The zero-order valence-corrected chi connectivity index (χ0v) is 11.3. The van der Waals surface area contributed by atoms with E-state index in [4.69, 9.17) is 0 Å². The fourth-order valence-electron chi connectivity index (χ4n) is 1.05. The van der Waals surface area contributed by atoms with E-state index in [9.17, 15) is 0 Å². The summed E-state index contributed by atoms with van der Waals surface area (Å²) < 4.78 is 0.852. The Hall–Kier alpha value is -0.700. The number of aromatic nitrogens is 1. The fraction of sp³-hybridized carbons (Fsp3) is 0.500. The molecule has 3 heteroatoms. The molecule has 82 valence electrons. The summed E-state index contributed by atoms with van der Waals surface area (Å²) in [7, 11) is 0. The van der Waals surface area contributed by atoms with Gasteiger partial charge in [0.1, 0.15) is 4.60 Å². The third kappa shape index (κ3) is 4.56. The lowest BCUT2D eigenvalue weighted by Gasteiger charge is -2.14. The van der Waals surface area contributed by atoms with Gasteiger partial charge >= 0.3 is 0 Å². The molecule has 1 aromatic heterocycles. The Balaban J connectivity index is 2.80. The normalized spacial score (nSPS) is 13.0. The summed E-state index contributed by atoms with van der Waals surface area (Å²) in [5, 5.41) is 0. The minimum Gasteiger partial charge on any atom is -0.287 e. The zero-order valence-electron chi connectivity index (χ0n) is 9.71. The lowest BCUT2D eigenvalue weighted by Crippen LogP contribution is -2.11. The van der Waals surface area contributed by atoms with Crippen molar-refractivity contribution in [3.8, 4) is 0 Å². The number of pyridine rings is 1. The second-order valence-corrected chi connectivity index (χ2v) is 5.62. The van der Waals surface area contributed by atoms with Gasteiger partial charge in [-0.1, -0.05) is 26.8 Å². The molecule has 15 heavy (non-hydrogen) atoms. The largest absolute Gasteiger partial charge is 0.287 e. The van der Waals surface area contributed by atoms with Crippen molar-refractivity contribution in [3.05, 3.63) is 28.5 Å². The van der Waals surface area contributed by atoms with Crippen LogP contribution in [0.15, 0.2) is 27.8 Å². The highest BCUT2D eigenvalue weighted by Gasteiger charge is 2.09. The lowest BCUT2D eigenvalue weighted by molar-refractivity contribution is 0.429. The second-order valence-electron chi connectivity index (χ2n) is 4.81. The number of aliphatic imine (C=N–C) groups is 1. The molecule has 0 spiro atoms. The highest BCUT2D eigenvalue weighted by atomic mass is 79.9. The molecular formula is C12H17BrN2. The molecule has 0 aliphatic carbocycles. The molecule has 0 saturated carbocycles. The molecule has 2 nitrogen and oxygen atoms in total. The van der Waals surface area contributed by atoms with E-state index in [1.807, 2.05) is 25.1 Å². The molecular weight excluding hydrogens is 252 g/mol. The van der Waals surface area contributed by atoms with Crippen LogP contribution in [0.5, 0.6) is 0 Å². The van der Waals surface area contributed by atoms with Crippen LogP contribution in [0.2, 0.25) is 0 Å². The van der Waals surface area contributed by atoms with Crippen molar-refractivity contribution in [3.63, 3.8) is 0 Å². The van der Waals surface area contributed by atoms with E-state index in [2.05, 4.69) is 46.7 Å². The molecule has 0 aliphatic rings. The molecule has 0 radical (unpaired) electrons. The van der Waals surface area contributed by atoms with Gasteiger partial charge in [0.05, 0.1) is 11.4 Å². The van der Waals surface area contributed by atoms with Gasteiger partial charge in [-0.3, -0.25) is 4.99 Å². The van der Waals surface area contributed by atoms with Gasteiger partial charge in [-0.15, -0.1) is 0 Å². The summed E-state index contributed by atoms with van der Waals surface area (Å²) in [4.78, 5) is 8.90. The maximum absolute atomic E-state index is 4.54. The molecule has 0 atom stereocenters. The number of nitrogens with zero attached hydrogens (tertiary/aromatic N) is 2. The molecule has 0 saturated heterocycles. The van der Waals surface area contributed by atoms with Crippen LogP contribution in [0.1, 0.15) is 33.4 Å². The Labute approximate surface area is 100.0 Å². The van der Waals surface area contributed by atoms with Gasteiger partial charge in [0.2, 0.25) is 0 Å². The quantitative estimate of drug-likeness (QED) is 0.593. The molecule has 0 amide bonds. The molecule has 0 bridgehead atoms. The molecule has 1 heterocycles. The van der Waals surface area contributed by atoms with Crippen LogP contribution in [0.4, 0.5) is 0 Å². The SMILES string of the molecule is CC(=NCC(C)(C)C)c1cccc(Br)n1. The summed E-state index contributed by atoms with van der Waals surface area (Å²) in [6.07, 6.45) is 0. The topological polar surface area (TPSA) is 25.2 Å². The first-order chi connectivity index (χ1) is 6.88. The van der Waals surface area contributed by atoms with Crippen LogP contribution in [-0.2, 0) is 0 Å². The number of halogens is 1. The van der Waals surface area contributed by atoms with Crippen LogP contribution in [0, 0.1) is 5.41 Å². The highest BCUT2D eigenvalue weighted by Crippen LogP contribution is 2.14. The molecule has 0 aliphatic heterocycles. The van der Waals surface area contributed by atoms with Gasteiger partial charge in [-0.05, 0) is 40.4 Å². The average Bonchev–Trinajstić information content (AvgIpc) is 2.13. The van der Waals surface area contributed by atoms with Crippen molar-refractivity contribution in [1.82, 2.24) is 4.98 Å². The van der Waals surface area contributed by atoms with E-state index in [-0.39, 0.29) is 5.41 Å². The van der Waals surface area contributed by atoms with Crippen LogP contribution >= 0.6 is 15.9 Å². The standard InChI is InChI=1S/C12H17BrN2/c1-9(14-8-12(2,3)4)10-6-5-7-11(13)15-10/h5-7H,8H2,1-4H3. The van der Waals surface area contributed by atoms with E-state index < -0.39 is 0 Å². The van der Waals surface area contributed by atoms with Crippen LogP contribution < -0.4 is 0 Å². The monoisotopic (exact) mass is 268 g/mol. The first-order valence-corrected chi connectivity index (χ1v) is 5.82. The predicted molar refractivity (Wildman–Crippen MR) is 68.5 cm³/mol. The van der Waals surface area contributed by atoms with Crippen molar-refractivity contribution in [2.45, 2.75) is 27.7 Å². The van der Waals surface area contributed by atoms with Gasteiger partial charge in [-0.2, -0.15) is 0 Å². The molecule has 0 aromatic carbocycles. The first kappa shape index (κ1) is 12.4. The maximum Gasteiger partial charge on any atom is 0.106 e. The van der Waals surface area contributed by atoms with Crippen LogP contribution in [0.3, 0.4) is 0 Å². The van der Waals surface area contributed by atoms with E-state index >= 15 is 0 Å². The van der Waals surface area contributed by atoms with Crippen LogP contribution in [0.25, 0.3) is 0 Å². The summed E-state index contributed by atoms with van der Waals surface area (Å²) in [5.74, 6) is 0. The smallest absolute Gasteiger partial charge is 0.106 e. The third-order valence-corrected chi connectivity index (χ3v) is 2.32. The predicted octanol–water partition coefficient (Wildman–Crippen LogP) is 3.70. The summed E-state index contributed by atoms with van der Waals surface area (Å²) in [6.45, 7) is 9.36. The zero-order chi connectivity index (χ0) is 11.5. The number of rotatable bonds is 2. The van der Waals surface area contributed by atoms with Gasteiger partial charge in [0.25, 0.3) is 0 Å². The Morgan fingerprint density at radius 1 is 1.40 bits per heavy atom. The minimum absolute atomic E-state index is 0.229. The van der Waals surface area contributed by atoms with Crippen molar-refractivity contribution < 1.29 is 0 Å².